The second kappa shape index (κ2) is 1.38. The molecule has 4 nitrogen and oxygen atoms in total. The number of aliphatic hydroxyl groups is 1. The van der Waals surface area contributed by atoms with E-state index in [1.165, 1.54) is 0 Å². The molecular formula is C3H6N2O2. The number of amidine groups is 1. The molecule has 7 heavy (non-hydrogen) atoms. The predicted octanol–water partition coefficient (Wildman–Crippen LogP) is -1.35. The number of ether oxygens (including phenoxy) is 1. The molecule has 0 amide bonds. The van der Waals surface area contributed by atoms with Crippen LogP contribution in [0.1, 0.15) is 0 Å². The predicted molar refractivity (Wildman–Crippen MR) is 23.6 cm³/mol. The van der Waals surface area contributed by atoms with Gasteiger partial charge in [-0.25, -0.2) is 4.99 Å². The van der Waals surface area contributed by atoms with Gasteiger partial charge in [0.05, 0.1) is 0 Å². The van der Waals surface area contributed by atoms with Crippen LogP contribution >= 0.6 is 0 Å². The van der Waals surface area contributed by atoms with Crippen molar-refractivity contribution < 1.29 is 9.84 Å². The number of nitrogens with zero attached hydrogens (tertiary/aromatic N) is 1. The van der Waals surface area contributed by atoms with E-state index in [4.69, 9.17) is 10.8 Å². The van der Waals surface area contributed by atoms with Gasteiger partial charge in [0.25, 0.3) is 6.02 Å². The van der Waals surface area contributed by atoms with Crippen LogP contribution in [-0.2, 0) is 4.74 Å². The van der Waals surface area contributed by atoms with Crippen molar-refractivity contribution in [3.63, 3.8) is 0 Å². The first-order valence-electron chi connectivity index (χ1n) is 1.93. The largest absolute Gasteiger partial charge is 0.434 e. The Morgan fingerprint density at radius 1 is 2.00 bits per heavy atom. The van der Waals surface area contributed by atoms with Gasteiger partial charge in [-0.2, -0.15) is 0 Å². The monoisotopic (exact) mass is 102 g/mol. The molecule has 4 heteroatoms. The van der Waals surface area contributed by atoms with Crippen LogP contribution in [0.25, 0.3) is 0 Å². The van der Waals surface area contributed by atoms with Crippen molar-refractivity contribution in [1.29, 1.82) is 0 Å². The fraction of sp³-hybridized carbons (Fsp3) is 0.667. The Bertz CT molecular complexity index is 101. The van der Waals surface area contributed by atoms with E-state index in [-0.39, 0.29) is 12.6 Å². The SMILES string of the molecule is NC1=NCC(O)O1. The molecule has 0 saturated heterocycles. The van der Waals surface area contributed by atoms with E-state index >= 15 is 0 Å². The van der Waals surface area contributed by atoms with Crippen LogP contribution in [0, 0.1) is 0 Å². The third-order valence-corrected chi connectivity index (χ3v) is 0.660. The molecule has 1 aliphatic heterocycles. The zero-order valence-electron chi connectivity index (χ0n) is 3.66. The van der Waals surface area contributed by atoms with E-state index < -0.39 is 6.29 Å². The van der Waals surface area contributed by atoms with Crippen molar-refractivity contribution in [3.05, 3.63) is 0 Å². The Labute approximate surface area is 40.6 Å². The molecule has 0 bridgehead atoms. The zero-order valence-corrected chi connectivity index (χ0v) is 3.66. The molecule has 0 spiro atoms. The minimum atomic E-state index is -0.806. The average molecular weight is 102 g/mol. The Morgan fingerprint density at radius 3 is 2.86 bits per heavy atom. The molecule has 40 valence electrons. The van der Waals surface area contributed by atoms with Crippen LogP contribution in [0.3, 0.4) is 0 Å². The molecule has 1 rings (SSSR count). The summed E-state index contributed by atoms with van der Waals surface area (Å²) in [6.07, 6.45) is -0.806. The Hall–Kier alpha value is -0.770. The second-order valence-electron chi connectivity index (χ2n) is 1.25. The number of rotatable bonds is 0. The summed E-state index contributed by atoms with van der Waals surface area (Å²) in [5.41, 5.74) is 4.99. The summed E-state index contributed by atoms with van der Waals surface area (Å²) in [7, 11) is 0. The van der Waals surface area contributed by atoms with Crippen LogP contribution < -0.4 is 5.73 Å². The van der Waals surface area contributed by atoms with Gasteiger partial charge < -0.3 is 15.6 Å². The minimum absolute atomic E-state index is 0.0764. The third-order valence-electron chi connectivity index (χ3n) is 0.660. The molecule has 0 aromatic rings. The highest BCUT2D eigenvalue weighted by Crippen LogP contribution is 1.95. The van der Waals surface area contributed by atoms with Crippen molar-refractivity contribution in [3.8, 4) is 0 Å². The van der Waals surface area contributed by atoms with Crippen molar-refractivity contribution in [2.75, 3.05) is 6.54 Å². The molecule has 0 radical (unpaired) electrons. The summed E-state index contributed by atoms with van der Waals surface area (Å²) in [5.74, 6) is 0. The normalized spacial score (nSPS) is 29.3. The number of hydrogen-bond donors (Lipinski definition) is 2. The third kappa shape index (κ3) is 0.806. The Kier molecular flexibility index (Phi) is 0.867. The highest BCUT2D eigenvalue weighted by molar-refractivity contribution is 5.72. The lowest BCUT2D eigenvalue weighted by Crippen LogP contribution is -2.16. The van der Waals surface area contributed by atoms with Crippen LogP contribution in [0.2, 0.25) is 0 Å². The molecule has 0 aliphatic carbocycles. The van der Waals surface area contributed by atoms with Crippen LogP contribution in [0.4, 0.5) is 0 Å². The number of aliphatic imine (C=N–C) groups is 1. The fourth-order valence-corrected chi connectivity index (χ4v) is 0.382. The van der Waals surface area contributed by atoms with E-state index in [1.54, 1.807) is 0 Å². The highest BCUT2D eigenvalue weighted by atomic mass is 16.6. The first kappa shape index (κ1) is 4.39. The minimum Gasteiger partial charge on any atom is -0.434 e. The van der Waals surface area contributed by atoms with Crippen LogP contribution in [-0.4, -0.2) is 24.0 Å². The zero-order chi connectivity index (χ0) is 5.28. The molecule has 0 aromatic heterocycles. The quantitative estimate of drug-likeness (QED) is 0.397. The van der Waals surface area contributed by atoms with Gasteiger partial charge in [-0.1, -0.05) is 0 Å². The molecule has 0 aromatic carbocycles. The van der Waals surface area contributed by atoms with Gasteiger partial charge in [-0.05, 0) is 0 Å². The van der Waals surface area contributed by atoms with Crippen molar-refractivity contribution in [1.82, 2.24) is 0 Å². The van der Waals surface area contributed by atoms with Gasteiger partial charge in [-0.3, -0.25) is 0 Å². The summed E-state index contributed by atoms with van der Waals surface area (Å²) in [4.78, 5) is 3.54. The van der Waals surface area contributed by atoms with E-state index in [9.17, 15) is 0 Å². The van der Waals surface area contributed by atoms with E-state index in [1.807, 2.05) is 0 Å². The van der Waals surface area contributed by atoms with Crippen molar-refractivity contribution in [2.24, 2.45) is 10.7 Å². The molecule has 1 unspecified atom stereocenters. The molecular weight excluding hydrogens is 96.0 g/mol. The van der Waals surface area contributed by atoms with Gasteiger partial charge >= 0.3 is 0 Å². The molecule has 0 saturated carbocycles. The standard InChI is InChI=1S/C3H6N2O2/c4-3-5-1-2(6)7-3/h2,6H,1H2,(H2,4,5). The molecule has 0 fully saturated rings. The maximum Gasteiger partial charge on any atom is 0.284 e. The lowest BCUT2D eigenvalue weighted by molar-refractivity contribution is -0.00356. The van der Waals surface area contributed by atoms with Gasteiger partial charge in [-0.15, -0.1) is 0 Å². The van der Waals surface area contributed by atoms with E-state index in [0.717, 1.165) is 0 Å². The van der Waals surface area contributed by atoms with Gasteiger partial charge in [0.1, 0.15) is 6.54 Å². The van der Waals surface area contributed by atoms with Gasteiger partial charge in [0, 0.05) is 0 Å². The topological polar surface area (TPSA) is 67.8 Å². The smallest absolute Gasteiger partial charge is 0.284 e. The second-order valence-corrected chi connectivity index (χ2v) is 1.25. The summed E-state index contributed by atoms with van der Waals surface area (Å²) >= 11 is 0. The van der Waals surface area contributed by atoms with E-state index in [2.05, 4.69) is 9.73 Å². The molecule has 1 atom stereocenters. The molecule has 1 aliphatic rings. The van der Waals surface area contributed by atoms with Crippen molar-refractivity contribution >= 4 is 6.02 Å². The van der Waals surface area contributed by atoms with Crippen LogP contribution in [0.5, 0.6) is 0 Å². The van der Waals surface area contributed by atoms with E-state index in [0.29, 0.717) is 0 Å². The Balaban J connectivity index is 2.42. The maximum atomic E-state index is 8.48. The molecule has 3 N–H and O–H groups in total. The number of hydrogen-bond acceptors (Lipinski definition) is 4. The average Bonchev–Trinajstić information content (AvgIpc) is 1.87. The summed E-state index contributed by atoms with van der Waals surface area (Å²) in [6.45, 7) is 0.270. The summed E-state index contributed by atoms with van der Waals surface area (Å²) < 4.78 is 4.44. The summed E-state index contributed by atoms with van der Waals surface area (Å²) in [6, 6.07) is 0.0764. The fourth-order valence-electron chi connectivity index (χ4n) is 0.382. The number of nitrogens with two attached hydrogens (primary N) is 1. The van der Waals surface area contributed by atoms with Crippen LogP contribution in [0.15, 0.2) is 4.99 Å². The number of aliphatic hydroxyl groups excluding tert-OH is 1. The van der Waals surface area contributed by atoms with Gasteiger partial charge in [0.2, 0.25) is 6.29 Å². The lowest BCUT2D eigenvalue weighted by Gasteiger charge is -1.97. The van der Waals surface area contributed by atoms with Crippen molar-refractivity contribution in [2.45, 2.75) is 6.29 Å². The highest BCUT2D eigenvalue weighted by Gasteiger charge is 2.11. The lowest BCUT2D eigenvalue weighted by atomic mass is 10.7. The first-order chi connectivity index (χ1) is 3.29. The summed E-state index contributed by atoms with van der Waals surface area (Å²) in [5, 5.41) is 8.48. The Morgan fingerprint density at radius 2 is 2.71 bits per heavy atom. The first-order valence-corrected chi connectivity index (χ1v) is 1.93. The van der Waals surface area contributed by atoms with Gasteiger partial charge in [0.15, 0.2) is 0 Å². The maximum absolute atomic E-state index is 8.48. The molecule has 1 heterocycles.